The first kappa shape index (κ1) is 28.6. The van der Waals surface area contributed by atoms with E-state index >= 15 is 0 Å². The first-order valence-corrected chi connectivity index (χ1v) is 14.0. The second-order valence-corrected chi connectivity index (χ2v) is 11.3. The summed E-state index contributed by atoms with van der Waals surface area (Å²) >= 11 is 6.50. The Morgan fingerprint density at radius 2 is 2.00 bits per heavy atom. The van der Waals surface area contributed by atoms with Gasteiger partial charge in [0, 0.05) is 30.7 Å². The molecule has 2 fully saturated rings. The Morgan fingerprint density at radius 3 is 2.73 bits per heavy atom. The summed E-state index contributed by atoms with van der Waals surface area (Å²) in [4.78, 5) is 19.2. The SMILES string of the molecule is COc1ccc2ncc(Cl)c(CCNC3(C(=O)O)CCCN(C4CC(c5cccc(C(F)(F)F)c5)C4)CC3)c2c1. The first-order chi connectivity index (χ1) is 19.1. The van der Waals surface area contributed by atoms with Gasteiger partial charge in [0.2, 0.25) is 0 Å². The van der Waals surface area contributed by atoms with Crippen molar-refractivity contribution >= 4 is 28.5 Å². The monoisotopic (exact) mass is 575 g/mol. The van der Waals surface area contributed by atoms with Crippen LogP contribution < -0.4 is 10.1 Å². The molecular formula is C30H33ClF3N3O3. The van der Waals surface area contributed by atoms with E-state index in [-0.39, 0.29) is 12.0 Å². The topological polar surface area (TPSA) is 74.7 Å². The molecule has 10 heteroatoms. The van der Waals surface area contributed by atoms with E-state index in [0.29, 0.717) is 43.1 Å². The van der Waals surface area contributed by atoms with Gasteiger partial charge in [0.1, 0.15) is 11.3 Å². The normalized spacial score (nSPS) is 23.9. The third-order valence-electron chi connectivity index (χ3n) is 8.57. The number of hydrogen-bond donors (Lipinski definition) is 2. The number of rotatable bonds is 8. The number of methoxy groups -OCH3 is 1. The zero-order valence-corrected chi connectivity index (χ0v) is 23.1. The highest BCUT2D eigenvalue weighted by Gasteiger charge is 2.42. The third-order valence-corrected chi connectivity index (χ3v) is 8.90. The molecule has 40 heavy (non-hydrogen) atoms. The van der Waals surface area contributed by atoms with Gasteiger partial charge >= 0.3 is 12.1 Å². The number of alkyl halides is 3. The summed E-state index contributed by atoms with van der Waals surface area (Å²) in [5.41, 5.74) is 0.751. The molecule has 1 aromatic heterocycles. The molecule has 0 amide bonds. The molecule has 1 aliphatic heterocycles. The number of pyridine rings is 1. The minimum Gasteiger partial charge on any atom is -0.497 e. The van der Waals surface area contributed by atoms with Crippen molar-refractivity contribution < 1.29 is 27.8 Å². The zero-order chi connectivity index (χ0) is 28.5. The van der Waals surface area contributed by atoms with Gasteiger partial charge in [-0.25, -0.2) is 0 Å². The predicted molar refractivity (Wildman–Crippen MR) is 148 cm³/mol. The fraction of sp³-hybridized carbons (Fsp3) is 0.467. The van der Waals surface area contributed by atoms with E-state index < -0.39 is 23.2 Å². The Hall–Kier alpha value is -2.88. The van der Waals surface area contributed by atoms with Crippen LogP contribution in [-0.2, 0) is 17.4 Å². The van der Waals surface area contributed by atoms with Gasteiger partial charge in [-0.1, -0.05) is 29.8 Å². The van der Waals surface area contributed by atoms with Crippen molar-refractivity contribution in [2.75, 3.05) is 26.7 Å². The quantitative estimate of drug-likeness (QED) is 0.328. The maximum absolute atomic E-state index is 13.1. The van der Waals surface area contributed by atoms with Crippen LogP contribution in [0.15, 0.2) is 48.7 Å². The second-order valence-electron chi connectivity index (χ2n) is 10.9. The summed E-state index contributed by atoms with van der Waals surface area (Å²) in [5, 5.41) is 15.0. The van der Waals surface area contributed by atoms with Gasteiger partial charge in [0.25, 0.3) is 0 Å². The van der Waals surface area contributed by atoms with Gasteiger partial charge in [-0.3, -0.25) is 9.78 Å². The molecule has 2 aliphatic rings. The van der Waals surface area contributed by atoms with Gasteiger partial charge in [-0.15, -0.1) is 0 Å². The van der Waals surface area contributed by atoms with Crippen LogP contribution in [0.3, 0.4) is 0 Å². The molecule has 0 radical (unpaired) electrons. The number of carboxylic acid groups (broad SMARTS) is 1. The lowest BCUT2D eigenvalue weighted by molar-refractivity contribution is -0.145. The number of nitrogens with one attached hydrogen (secondary N) is 1. The number of aromatic nitrogens is 1. The van der Waals surface area contributed by atoms with Crippen LogP contribution in [0.4, 0.5) is 13.2 Å². The van der Waals surface area contributed by atoms with E-state index in [1.807, 2.05) is 18.2 Å². The highest BCUT2D eigenvalue weighted by atomic mass is 35.5. The van der Waals surface area contributed by atoms with E-state index in [1.165, 1.54) is 12.1 Å². The van der Waals surface area contributed by atoms with Crippen LogP contribution >= 0.6 is 11.6 Å². The van der Waals surface area contributed by atoms with Crippen LogP contribution in [0, 0.1) is 0 Å². The average molecular weight is 576 g/mol. The lowest BCUT2D eigenvalue weighted by Gasteiger charge is -2.43. The smallest absolute Gasteiger partial charge is 0.416 e. The number of carbonyl (C=O) groups is 1. The molecule has 5 rings (SSSR count). The fourth-order valence-corrected chi connectivity index (χ4v) is 6.37. The van der Waals surface area contributed by atoms with Gasteiger partial charge in [-0.05, 0) is 86.4 Å². The first-order valence-electron chi connectivity index (χ1n) is 13.6. The molecule has 6 nitrogen and oxygen atoms in total. The van der Waals surface area contributed by atoms with Crippen LogP contribution in [0.1, 0.15) is 54.7 Å². The molecule has 1 saturated heterocycles. The molecule has 2 heterocycles. The highest BCUT2D eigenvalue weighted by Crippen LogP contribution is 2.42. The average Bonchev–Trinajstić information content (AvgIpc) is 3.12. The summed E-state index contributed by atoms with van der Waals surface area (Å²) in [7, 11) is 1.60. The Kier molecular flexibility index (Phi) is 8.27. The Bertz CT molecular complexity index is 1380. The van der Waals surface area contributed by atoms with Crippen LogP contribution in [0.5, 0.6) is 5.75 Å². The number of fused-ring (bicyclic) bond motifs is 1. The molecular weight excluding hydrogens is 543 g/mol. The molecule has 2 N–H and O–H groups in total. The Morgan fingerprint density at radius 1 is 1.20 bits per heavy atom. The van der Waals surface area contributed by atoms with Crippen LogP contribution in [-0.4, -0.2) is 59.3 Å². The van der Waals surface area contributed by atoms with Crippen molar-refractivity contribution in [2.45, 2.75) is 62.2 Å². The number of aliphatic carboxylic acids is 1. The summed E-state index contributed by atoms with van der Waals surface area (Å²) < 4.78 is 44.8. The van der Waals surface area contributed by atoms with Crippen molar-refractivity contribution in [1.82, 2.24) is 15.2 Å². The molecule has 0 bridgehead atoms. The molecule has 2 aromatic carbocycles. The number of hydrogen-bond acceptors (Lipinski definition) is 5. The minimum absolute atomic E-state index is 0.0940. The lowest BCUT2D eigenvalue weighted by Crippen LogP contribution is -2.53. The molecule has 0 spiro atoms. The van der Waals surface area contributed by atoms with Crippen molar-refractivity contribution in [3.63, 3.8) is 0 Å². The van der Waals surface area contributed by atoms with E-state index in [2.05, 4.69) is 15.2 Å². The summed E-state index contributed by atoms with van der Waals surface area (Å²) in [6, 6.07) is 11.5. The van der Waals surface area contributed by atoms with Crippen molar-refractivity contribution in [1.29, 1.82) is 0 Å². The standard InChI is InChI=1S/C30H33ClF3N3O3/c1-40-23-6-7-27-25(17-23)24(26(31)18-35-27)8-11-36-29(28(38)39)9-3-12-37(13-10-29)22-15-20(16-22)19-4-2-5-21(14-19)30(32,33)34/h2,4-7,14,17-18,20,22,36H,3,8-13,15-16H2,1H3,(H,38,39). The maximum atomic E-state index is 13.1. The number of halogens is 4. The van der Waals surface area contributed by atoms with E-state index in [4.69, 9.17) is 16.3 Å². The molecule has 1 saturated carbocycles. The molecule has 1 unspecified atom stereocenters. The molecule has 3 aromatic rings. The lowest BCUT2D eigenvalue weighted by atomic mass is 9.74. The van der Waals surface area contributed by atoms with Crippen molar-refractivity contribution in [3.05, 3.63) is 70.4 Å². The van der Waals surface area contributed by atoms with E-state index in [0.717, 1.165) is 53.9 Å². The zero-order valence-electron chi connectivity index (χ0n) is 22.3. The number of carboxylic acids is 1. The maximum Gasteiger partial charge on any atom is 0.416 e. The van der Waals surface area contributed by atoms with Gasteiger partial charge in [-0.2, -0.15) is 13.2 Å². The van der Waals surface area contributed by atoms with E-state index in [1.54, 1.807) is 19.4 Å². The van der Waals surface area contributed by atoms with Crippen LogP contribution in [0.2, 0.25) is 5.02 Å². The minimum atomic E-state index is -4.35. The number of benzene rings is 2. The molecule has 1 aliphatic carbocycles. The predicted octanol–water partition coefficient (Wildman–Crippen LogP) is 6.30. The van der Waals surface area contributed by atoms with Gasteiger partial charge < -0.3 is 20.1 Å². The molecule has 1 atom stereocenters. The summed E-state index contributed by atoms with van der Waals surface area (Å²) in [6.45, 7) is 1.83. The van der Waals surface area contributed by atoms with Crippen molar-refractivity contribution in [3.8, 4) is 5.75 Å². The van der Waals surface area contributed by atoms with Gasteiger partial charge in [0.15, 0.2) is 0 Å². The van der Waals surface area contributed by atoms with E-state index in [9.17, 15) is 23.1 Å². The largest absolute Gasteiger partial charge is 0.497 e. The Labute approximate surface area is 236 Å². The second kappa shape index (κ2) is 11.5. The van der Waals surface area contributed by atoms with Crippen molar-refractivity contribution in [2.24, 2.45) is 0 Å². The number of likely N-dealkylation sites (tertiary alicyclic amines) is 1. The number of ether oxygens (including phenoxy) is 1. The summed E-state index contributed by atoms with van der Waals surface area (Å²) in [5.74, 6) is -0.0726. The van der Waals surface area contributed by atoms with Gasteiger partial charge in [0.05, 0.1) is 23.2 Å². The summed E-state index contributed by atoms with van der Waals surface area (Å²) in [6.07, 6.45) is 1.04. The Balaban J connectivity index is 1.21. The van der Waals surface area contributed by atoms with Crippen LogP contribution in [0.25, 0.3) is 10.9 Å². The third kappa shape index (κ3) is 5.92. The molecule has 214 valence electrons. The fourth-order valence-electron chi connectivity index (χ4n) is 6.12. The number of nitrogens with zero attached hydrogens (tertiary/aromatic N) is 2. The highest BCUT2D eigenvalue weighted by molar-refractivity contribution is 6.32.